The van der Waals surface area contributed by atoms with E-state index in [1.54, 1.807) is 0 Å². The Morgan fingerprint density at radius 1 is 1.47 bits per heavy atom. The van der Waals surface area contributed by atoms with E-state index in [1.165, 1.54) is 6.92 Å². The summed E-state index contributed by atoms with van der Waals surface area (Å²) in [4.78, 5) is 22.1. The molecule has 1 saturated heterocycles. The van der Waals surface area contributed by atoms with E-state index in [-0.39, 0.29) is 17.7 Å². The normalized spacial score (nSPS) is 28.5. The van der Waals surface area contributed by atoms with Crippen molar-refractivity contribution in [2.24, 2.45) is 5.29 Å². The summed E-state index contributed by atoms with van der Waals surface area (Å²) in [6.07, 6.45) is 0.0420. The molecule has 0 aromatic rings. The maximum atomic E-state index is 11.3. The number of rotatable bonds is 4. The van der Waals surface area contributed by atoms with Crippen molar-refractivity contribution in [2.45, 2.75) is 63.9 Å². The van der Waals surface area contributed by atoms with Gasteiger partial charge in [0.05, 0.1) is 17.9 Å². The number of hydrogen-bond acceptors (Lipinski definition) is 4. The second-order valence-electron chi connectivity index (χ2n) is 6.95. The van der Waals surface area contributed by atoms with Gasteiger partial charge >= 0.3 is 5.97 Å². The Morgan fingerprint density at radius 2 is 2.00 bits per heavy atom. The quantitative estimate of drug-likeness (QED) is 0.635. The molecule has 0 aliphatic carbocycles. The van der Waals surface area contributed by atoms with Crippen LogP contribution in [0.15, 0.2) is 5.29 Å². The Kier molecular flexibility index (Phi) is 4.12. The maximum Gasteiger partial charge on any atom is 0.331 e. The van der Waals surface area contributed by atoms with Crippen molar-refractivity contribution in [3.63, 3.8) is 0 Å². The molecule has 1 fully saturated rings. The first-order valence-corrected chi connectivity index (χ1v) is 9.37. The summed E-state index contributed by atoms with van der Waals surface area (Å²) in [6.45, 7) is 12.4. The molecule has 1 rings (SSSR count). The molecule has 0 spiro atoms. The van der Waals surface area contributed by atoms with Gasteiger partial charge in [-0.25, -0.2) is 9.80 Å². The number of carboxylic acid groups (broad SMARTS) is 1. The first-order valence-electron chi connectivity index (χ1n) is 6.46. The minimum Gasteiger partial charge on any atom is -0.479 e. The molecule has 1 N–H and O–H groups in total. The summed E-state index contributed by atoms with van der Waals surface area (Å²) in [5, 5.41) is 13.2. The lowest BCUT2D eigenvalue weighted by Gasteiger charge is -2.38. The van der Waals surface area contributed by atoms with Crippen LogP contribution in [0.25, 0.3) is 0 Å². The topological polar surface area (TPSA) is 79.2 Å². The van der Waals surface area contributed by atoms with Gasteiger partial charge in [0.1, 0.15) is 0 Å². The van der Waals surface area contributed by atoms with E-state index in [4.69, 9.17) is 4.43 Å². The molecule has 19 heavy (non-hydrogen) atoms. The Balaban J connectivity index is 2.86. The Hall–Kier alpha value is -0.953. The fourth-order valence-corrected chi connectivity index (χ4v) is 3.35. The lowest BCUT2D eigenvalue weighted by Crippen LogP contribution is -2.45. The molecule has 7 heteroatoms. The van der Waals surface area contributed by atoms with Crippen molar-refractivity contribution in [1.29, 1.82) is 0 Å². The molecule has 0 amide bonds. The zero-order chi connectivity index (χ0) is 15.1. The third-order valence-electron chi connectivity index (χ3n) is 4.40. The van der Waals surface area contributed by atoms with Crippen LogP contribution in [0.5, 0.6) is 0 Å². The fourth-order valence-electron chi connectivity index (χ4n) is 2.00. The molecule has 0 radical (unpaired) electrons. The molecule has 0 saturated carbocycles. The first-order chi connectivity index (χ1) is 8.44. The highest BCUT2D eigenvalue weighted by molar-refractivity contribution is 6.74. The van der Waals surface area contributed by atoms with Crippen LogP contribution in [0.4, 0.5) is 0 Å². The molecule has 110 valence electrons. The van der Waals surface area contributed by atoms with Crippen LogP contribution >= 0.6 is 0 Å². The highest BCUT2D eigenvalue weighted by Crippen LogP contribution is 2.40. The van der Waals surface area contributed by atoms with Crippen molar-refractivity contribution < 1.29 is 14.3 Å². The number of aliphatic carboxylic acids is 1. The second kappa shape index (κ2) is 4.86. The van der Waals surface area contributed by atoms with Gasteiger partial charge in [0.25, 0.3) is 0 Å². The van der Waals surface area contributed by atoms with Gasteiger partial charge < -0.3 is 9.53 Å². The lowest BCUT2D eigenvalue weighted by atomic mass is 10.00. The van der Waals surface area contributed by atoms with Crippen LogP contribution in [0.3, 0.4) is 0 Å². The van der Waals surface area contributed by atoms with E-state index >= 15 is 0 Å². The summed E-state index contributed by atoms with van der Waals surface area (Å²) in [7, 11) is -1.97. The highest BCUT2D eigenvalue weighted by atomic mass is 28.4. The van der Waals surface area contributed by atoms with E-state index in [2.05, 4.69) is 39.2 Å². The lowest BCUT2D eigenvalue weighted by molar-refractivity contribution is -0.148. The van der Waals surface area contributed by atoms with Crippen molar-refractivity contribution in [3.8, 4) is 0 Å². The molecule has 1 heterocycles. The summed E-state index contributed by atoms with van der Waals surface area (Å²) in [5.74, 6) is -1.03. The minimum absolute atomic E-state index is 0.0503. The van der Waals surface area contributed by atoms with Crippen LogP contribution in [-0.4, -0.2) is 42.6 Å². The molecule has 0 bridgehead atoms. The number of nitroso groups, excluding NO2 is 1. The summed E-state index contributed by atoms with van der Waals surface area (Å²) in [5.41, 5.74) is -1.26. The monoisotopic (exact) mass is 288 g/mol. The summed E-state index contributed by atoms with van der Waals surface area (Å²) in [6, 6.07) is 0. The van der Waals surface area contributed by atoms with Crippen molar-refractivity contribution in [2.75, 3.05) is 6.54 Å². The molecule has 0 unspecified atom stereocenters. The van der Waals surface area contributed by atoms with E-state index < -0.39 is 19.8 Å². The Morgan fingerprint density at radius 3 is 2.32 bits per heavy atom. The van der Waals surface area contributed by atoms with E-state index in [9.17, 15) is 14.8 Å². The number of hydrogen-bond donors (Lipinski definition) is 1. The number of carboxylic acids is 1. The van der Waals surface area contributed by atoms with Gasteiger partial charge in [-0.05, 0) is 25.1 Å². The van der Waals surface area contributed by atoms with E-state index in [0.717, 1.165) is 5.01 Å². The van der Waals surface area contributed by atoms with Gasteiger partial charge in [0.2, 0.25) is 0 Å². The molecule has 1 aliphatic heterocycles. The maximum absolute atomic E-state index is 11.3. The van der Waals surface area contributed by atoms with Crippen molar-refractivity contribution in [3.05, 3.63) is 4.91 Å². The summed E-state index contributed by atoms with van der Waals surface area (Å²) < 4.78 is 6.18. The molecule has 6 nitrogen and oxygen atoms in total. The van der Waals surface area contributed by atoms with Crippen LogP contribution < -0.4 is 0 Å². The SMILES string of the molecule is CC(C)(C)[Si](C)(C)O[C@H]1CN(N=O)[C@](C)(C(=O)O)C1. The molecule has 2 atom stereocenters. The van der Waals surface area contributed by atoms with Crippen molar-refractivity contribution >= 4 is 14.3 Å². The molecule has 1 aliphatic rings. The number of carbonyl (C=O) groups is 1. The molecular formula is C12H24N2O4Si. The van der Waals surface area contributed by atoms with E-state index in [0.29, 0.717) is 6.42 Å². The number of nitrogens with zero attached hydrogens (tertiary/aromatic N) is 2. The van der Waals surface area contributed by atoms with Crippen LogP contribution in [0.1, 0.15) is 34.1 Å². The van der Waals surface area contributed by atoms with Gasteiger partial charge in [0, 0.05) is 6.42 Å². The predicted molar refractivity (Wildman–Crippen MR) is 75.2 cm³/mol. The third-order valence-corrected chi connectivity index (χ3v) is 8.93. The van der Waals surface area contributed by atoms with Crippen LogP contribution in [0.2, 0.25) is 18.1 Å². The van der Waals surface area contributed by atoms with Crippen LogP contribution in [0, 0.1) is 4.91 Å². The minimum atomic E-state index is -1.97. The van der Waals surface area contributed by atoms with Crippen LogP contribution in [-0.2, 0) is 9.22 Å². The molecule has 0 aromatic carbocycles. The second-order valence-corrected chi connectivity index (χ2v) is 11.7. The van der Waals surface area contributed by atoms with Gasteiger partial charge in [-0.2, -0.15) is 0 Å². The van der Waals surface area contributed by atoms with Gasteiger partial charge in [-0.15, -0.1) is 4.91 Å². The highest BCUT2D eigenvalue weighted by Gasteiger charge is 2.51. The van der Waals surface area contributed by atoms with Crippen molar-refractivity contribution in [1.82, 2.24) is 5.01 Å². The Labute approximate surface area is 115 Å². The largest absolute Gasteiger partial charge is 0.479 e. The zero-order valence-electron chi connectivity index (χ0n) is 12.6. The van der Waals surface area contributed by atoms with Gasteiger partial charge in [-0.1, -0.05) is 20.8 Å². The molecule has 0 aromatic heterocycles. The third kappa shape index (κ3) is 2.97. The van der Waals surface area contributed by atoms with E-state index in [1.807, 2.05) is 0 Å². The average Bonchev–Trinajstić information content (AvgIpc) is 2.53. The Bertz CT molecular complexity index is 380. The standard InChI is InChI=1S/C12H24N2O4Si/c1-11(2,3)19(5,6)18-9-7-12(4,10(15)16)14(8-9)13-17/h9H,7-8H2,1-6H3,(H,15,16)/t9-,12+/m1/s1. The smallest absolute Gasteiger partial charge is 0.331 e. The van der Waals surface area contributed by atoms with Gasteiger partial charge in [0.15, 0.2) is 13.9 Å². The average molecular weight is 288 g/mol. The fraction of sp³-hybridized carbons (Fsp3) is 0.917. The summed E-state index contributed by atoms with van der Waals surface area (Å²) >= 11 is 0. The predicted octanol–water partition coefficient (Wildman–Crippen LogP) is 2.61. The molecular weight excluding hydrogens is 264 g/mol. The first kappa shape index (κ1) is 16.1. The zero-order valence-corrected chi connectivity index (χ0v) is 13.6. The van der Waals surface area contributed by atoms with Gasteiger partial charge in [-0.3, -0.25) is 0 Å².